The molecule has 2 rings (SSSR count). The number of hydrogen-bond acceptors (Lipinski definition) is 2. The van der Waals surface area contributed by atoms with Crippen LogP contribution in [-0.2, 0) is 6.54 Å². The number of piperidine rings is 1. The number of nitrogens with one attached hydrogen (secondary N) is 1. The summed E-state index contributed by atoms with van der Waals surface area (Å²) in [6.07, 6.45) is 1.27. The summed E-state index contributed by atoms with van der Waals surface area (Å²) in [7, 11) is 2.08. The highest BCUT2D eigenvalue weighted by Crippen LogP contribution is 2.20. The molecule has 2 heteroatoms. The van der Waals surface area contributed by atoms with Crippen molar-refractivity contribution in [3.63, 3.8) is 0 Å². The molecule has 19 heavy (non-hydrogen) atoms. The zero-order valence-corrected chi connectivity index (χ0v) is 12.8. The summed E-state index contributed by atoms with van der Waals surface area (Å²) in [6, 6.07) is 9.85. The van der Waals surface area contributed by atoms with Crippen molar-refractivity contribution in [1.29, 1.82) is 0 Å². The molecule has 0 bridgehead atoms. The molecule has 0 spiro atoms. The van der Waals surface area contributed by atoms with Crippen LogP contribution in [0.15, 0.2) is 24.3 Å². The Kier molecular flexibility index (Phi) is 5.00. The summed E-state index contributed by atoms with van der Waals surface area (Å²) in [5.41, 5.74) is 2.88. The molecule has 2 unspecified atom stereocenters. The molecule has 2 nitrogen and oxygen atoms in total. The standard InChI is InChI=1S/C17H28N2/c1-13(2)16-7-5-15(6-8-16)12-19-10-9-17(18-4)14(3)11-19/h5-8,13-14,17-18H,9-12H2,1-4H3. The smallest absolute Gasteiger partial charge is 0.0233 e. The molecule has 0 aliphatic carbocycles. The monoisotopic (exact) mass is 260 g/mol. The van der Waals surface area contributed by atoms with Gasteiger partial charge in [-0.05, 0) is 43.0 Å². The Morgan fingerprint density at radius 2 is 1.95 bits per heavy atom. The number of likely N-dealkylation sites (tertiary alicyclic amines) is 1. The van der Waals surface area contributed by atoms with Crippen molar-refractivity contribution in [2.24, 2.45) is 5.92 Å². The van der Waals surface area contributed by atoms with Crippen LogP contribution in [-0.4, -0.2) is 31.1 Å². The van der Waals surface area contributed by atoms with Crippen molar-refractivity contribution in [1.82, 2.24) is 10.2 Å². The lowest BCUT2D eigenvalue weighted by Gasteiger charge is -2.36. The first-order chi connectivity index (χ1) is 9.10. The van der Waals surface area contributed by atoms with E-state index in [1.54, 1.807) is 0 Å². The molecule has 0 amide bonds. The third kappa shape index (κ3) is 3.80. The molecule has 1 aromatic rings. The summed E-state index contributed by atoms with van der Waals surface area (Å²) < 4.78 is 0. The predicted octanol–water partition coefficient (Wildman–Crippen LogP) is 3.24. The molecule has 1 heterocycles. The molecule has 1 aliphatic heterocycles. The van der Waals surface area contributed by atoms with Crippen LogP contribution in [0, 0.1) is 5.92 Å². The highest BCUT2D eigenvalue weighted by molar-refractivity contribution is 5.24. The van der Waals surface area contributed by atoms with Crippen molar-refractivity contribution < 1.29 is 0 Å². The van der Waals surface area contributed by atoms with Crippen LogP contribution < -0.4 is 5.32 Å². The average molecular weight is 260 g/mol. The molecule has 0 aromatic heterocycles. The van der Waals surface area contributed by atoms with Gasteiger partial charge in [0.2, 0.25) is 0 Å². The van der Waals surface area contributed by atoms with Gasteiger partial charge < -0.3 is 5.32 Å². The van der Waals surface area contributed by atoms with Crippen molar-refractivity contribution in [3.8, 4) is 0 Å². The van der Waals surface area contributed by atoms with Gasteiger partial charge in [-0.2, -0.15) is 0 Å². The molecule has 2 atom stereocenters. The molecular weight excluding hydrogens is 232 g/mol. The summed E-state index contributed by atoms with van der Waals surface area (Å²) in [4.78, 5) is 2.59. The summed E-state index contributed by atoms with van der Waals surface area (Å²) in [5.74, 6) is 1.37. The summed E-state index contributed by atoms with van der Waals surface area (Å²) >= 11 is 0. The topological polar surface area (TPSA) is 15.3 Å². The number of rotatable bonds is 4. The summed E-state index contributed by atoms with van der Waals surface area (Å²) in [5, 5.41) is 3.43. The van der Waals surface area contributed by atoms with E-state index in [2.05, 4.69) is 62.3 Å². The zero-order chi connectivity index (χ0) is 13.8. The van der Waals surface area contributed by atoms with Crippen LogP contribution in [0.5, 0.6) is 0 Å². The maximum Gasteiger partial charge on any atom is 0.0233 e. The minimum absolute atomic E-state index is 0.625. The normalized spacial score (nSPS) is 24.9. The Morgan fingerprint density at radius 1 is 1.26 bits per heavy atom. The minimum atomic E-state index is 0.625. The van der Waals surface area contributed by atoms with Gasteiger partial charge in [-0.1, -0.05) is 45.0 Å². The second-order valence-corrected chi connectivity index (χ2v) is 6.29. The highest BCUT2D eigenvalue weighted by atomic mass is 15.1. The first kappa shape index (κ1) is 14.5. The van der Waals surface area contributed by atoms with E-state index in [-0.39, 0.29) is 0 Å². The van der Waals surface area contributed by atoms with E-state index in [4.69, 9.17) is 0 Å². The molecule has 1 N–H and O–H groups in total. The van der Waals surface area contributed by atoms with E-state index in [1.807, 2.05) is 0 Å². The molecule has 0 saturated carbocycles. The van der Waals surface area contributed by atoms with Gasteiger partial charge in [0.25, 0.3) is 0 Å². The van der Waals surface area contributed by atoms with Crippen molar-refractivity contribution in [2.75, 3.05) is 20.1 Å². The van der Waals surface area contributed by atoms with Crippen LogP contribution >= 0.6 is 0 Å². The van der Waals surface area contributed by atoms with Crippen molar-refractivity contribution in [2.45, 2.75) is 45.7 Å². The predicted molar refractivity (Wildman–Crippen MR) is 82.4 cm³/mol. The lowest BCUT2D eigenvalue weighted by Crippen LogP contribution is -2.46. The largest absolute Gasteiger partial charge is 0.317 e. The second kappa shape index (κ2) is 6.53. The van der Waals surface area contributed by atoms with E-state index in [0.717, 1.165) is 12.5 Å². The molecule has 1 saturated heterocycles. The first-order valence-electron chi connectivity index (χ1n) is 7.58. The Balaban J connectivity index is 1.91. The maximum atomic E-state index is 3.43. The van der Waals surface area contributed by atoms with Gasteiger partial charge in [-0.3, -0.25) is 4.90 Å². The zero-order valence-electron chi connectivity index (χ0n) is 12.8. The molecular formula is C17H28N2. The van der Waals surface area contributed by atoms with E-state index in [0.29, 0.717) is 12.0 Å². The third-order valence-electron chi connectivity index (χ3n) is 4.41. The van der Waals surface area contributed by atoms with Gasteiger partial charge in [-0.25, -0.2) is 0 Å². The van der Waals surface area contributed by atoms with Gasteiger partial charge in [0, 0.05) is 19.1 Å². The lowest BCUT2D eigenvalue weighted by atomic mass is 9.93. The van der Waals surface area contributed by atoms with Crippen LogP contribution in [0.25, 0.3) is 0 Å². The molecule has 1 aromatic carbocycles. The van der Waals surface area contributed by atoms with Gasteiger partial charge >= 0.3 is 0 Å². The average Bonchev–Trinajstić information content (AvgIpc) is 2.39. The quantitative estimate of drug-likeness (QED) is 0.894. The fourth-order valence-electron chi connectivity index (χ4n) is 3.07. The Labute approximate surface area is 118 Å². The van der Waals surface area contributed by atoms with E-state index in [9.17, 15) is 0 Å². The second-order valence-electron chi connectivity index (χ2n) is 6.29. The third-order valence-corrected chi connectivity index (χ3v) is 4.41. The first-order valence-corrected chi connectivity index (χ1v) is 7.58. The molecule has 1 aliphatic rings. The SMILES string of the molecule is CNC1CCN(Cc2ccc(C(C)C)cc2)CC1C. The molecule has 106 valence electrons. The van der Waals surface area contributed by atoms with Crippen molar-refractivity contribution in [3.05, 3.63) is 35.4 Å². The maximum absolute atomic E-state index is 3.43. The van der Waals surface area contributed by atoms with Crippen LogP contribution in [0.1, 0.15) is 44.2 Å². The van der Waals surface area contributed by atoms with Crippen LogP contribution in [0.2, 0.25) is 0 Å². The van der Waals surface area contributed by atoms with Gasteiger partial charge in [-0.15, -0.1) is 0 Å². The Morgan fingerprint density at radius 3 is 2.47 bits per heavy atom. The number of benzene rings is 1. The fourth-order valence-corrected chi connectivity index (χ4v) is 3.07. The van der Waals surface area contributed by atoms with Gasteiger partial charge in [0.05, 0.1) is 0 Å². The highest BCUT2D eigenvalue weighted by Gasteiger charge is 2.24. The summed E-state index contributed by atoms with van der Waals surface area (Å²) in [6.45, 7) is 10.4. The van der Waals surface area contributed by atoms with Crippen LogP contribution in [0.4, 0.5) is 0 Å². The molecule has 0 radical (unpaired) electrons. The van der Waals surface area contributed by atoms with Crippen LogP contribution in [0.3, 0.4) is 0 Å². The lowest BCUT2D eigenvalue weighted by molar-refractivity contribution is 0.145. The Bertz CT molecular complexity index is 383. The van der Waals surface area contributed by atoms with E-state index < -0.39 is 0 Å². The van der Waals surface area contributed by atoms with E-state index >= 15 is 0 Å². The Hall–Kier alpha value is -0.860. The number of nitrogens with zero attached hydrogens (tertiary/aromatic N) is 1. The van der Waals surface area contributed by atoms with Gasteiger partial charge in [0.15, 0.2) is 0 Å². The van der Waals surface area contributed by atoms with Crippen molar-refractivity contribution >= 4 is 0 Å². The molecule has 1 fully saturated rings. The minimum Gasteiger partial charge on any atom is -0.317 e. The van der Waals surface area contributed by atoms with E-state index in [1.165, 1.54) is 30.6 Å². The number of hydrogen-bond donors (Lipinski definition) is 1. The fraction of sp³-hybridized carbons (Fsp3) is 0.647. The van der Waals surface area contributed by atoms with Gasteiger partial charge in [0.1, 0.15) is 0 Å².